The van der Waals surface area contributed by atoms with Gasteiger partial charge in [0.05, 0.1) is 17.5 Å². The minimum atomic E-state index is -0.824. The summed E-state index contributed by atoms with van der Waals surface area (Å²) in [6.07, 6.45) is 8.27. The number of hydrogen-bond acceptors (Lipinski definition) is 5. The van der Waals surface area contributed by atoms with Gasteiger partial charge in [0.2, 0.25) is 0 Å². The van der Waals surface area contributed by atoms with Crippen LogP contribution in [0.1, 0.15) is 102 Å². The fourth-order valence-electron chi connectivity index (χ4n) is 7.03. The van der Waals surface area contributed by atoms with Crippen molar-refractivity contribution in [1.82, 2.24) is 10.3 Å². The molecule has 8 heteroatoms. The molecule has 2 atom stereocenters. The Morgan fingerprint density at radius 2 is 1.60 bits per heavy atom. The predicted octanol–water partition coefficient (Wildman–Crippen LogP) is 6.61. The normalized spacial score (nSPS) is 24.3. The fourth-order valence-corrected chi connectivity index (χ4v) is 7.03. The number of carbonyl (C=O) groups is 2. The van der Waals surface area contributed by atoms with Crippen LogP contribution in [0.25, 0.3) is 0 Å². The Hall–Kier alpha value is -3.94. The molecule has 5 heterocycles. The molecule has 0 spiro atoms. The van der Waals surface area contributed by atoms with E-state index in [1.807, 2.05) is 0 Å². The van der Waals surface area contributed by atoms with Gasteiger partial charge in [-0.05, 0) is 97.9 Å². The molecule has 0 fully saturated rings. The van der Waals surface area contributed by atoms with Crippen LogP contribution in [0.3, 0.4) is 0 Å². The molecule has 1 aromatic rings. The van der Waals surface area contributed by atoms with Gasteiger partial charge in [0.1, 0.15) is 6.04 Å². The molecule has 42 heavy (non-hydrogen) atoms. The molecule has 5 rings (SSSR count). The molecule has 1 aromatic heterocycles. The standard InChI is InChI=1S/C34H42N4O4/c1-7-21-17(3)25-11-12-26-18(4)22(8-2)34(36-26)32-20(6)24(10-16-30(41)42)28(38-32)14-13-27-23(9-15-29(39)40)19(5)31(37-27)33(21)35-25/h11,13,31-32,36-37H,7-10,12,14-16H2,1-6H3,(H,39,40)(H,41,42)/b25-11-,27-13-. The molecule has 0 saturated carbocycles. The van der Waals surface area contributed by atoms with Crippen LogP contribution < -0.4 is 5.32 Å². The lowest BCUT2D eigenvalue weighted by Gasteiger charge is -2.17. The van der Waals surface area contributed by atoms with Crippen LogP contribution in [0.2, 0.25) is 0 Å². The van der Waals surface area contributed by atoms with Gasteiger partial charge >= 0.3 is 11.9 Å². The predicted molar refractivity (Wildman–Crippen MR) is 166 cm³/mol. The molecular weight excluding hydrogens is 528 g/mol. The summed E-state index contributed by atoms with van der Waals surface area (Å²) in [6, 6.07) is -0.307. The number of aliphatic imine (C=N–C) groups is 2. The first-order valence-corrected chi connectivity index (χ1v) is 15.1. The van der Waals surface area contributed by atoms with Crippen LogP contribution >= 0.6 is 0 Å². The molecule has 8 nitrogen and oxygen atoms in total. The minimum absolute atomic E-state index is 0.0471. The zero-order valence-corrected chi connectivity index (χ0v) is 25.6. The Bertz CT molecular complexity index is 1570. The van der Waals surface area contributed by atoms with Gasteiger partial charge in [-0.15, -0.1) is 0 Å². The molecule has 0 saturated heterocycles. The molecule has 0 amide bonds. The van der Waals surface area contributed by atoms with E-state index in [0.29, 0.717) is 19.3 Å². The van der Waals surface area contributed by atoms with E-state index in [1.165, 1.54) is 22.3 Å². The number of H-pyrrole nitrogens is 1. The highest BCUT2D eigenvalue weighted by molar-refractivity contribution is 6.10. The summed E-state index contributed by atoms with van der Waals surface area (Å²) < 4.78 is 0. The van der Waals surface area contributed by atoms with Gasteiger partial charge < -0.3 is 20.5 Å². The number of allylic oxidation sites excluding steroid dienone is 5. The van der Waals surface area contributed by atoms with Gasteiger partial charge in [0, 0.05) is 48.5 Å². The van der Waals surface area contributed by atoms with Crippen molar-refractivity contribution in [2.45, 2.75) is 105 Å². The maximum Gasteiger partial charge on any atom is 0.303 e. The largest absolute Gasteiger partial charge is 0.481 e. The molecular formula is C34H42N4O4. The van der Waals surface area contributed by atoms with E-state index in [2.05, 4.69) is 64.0 Å². The molecule has 4 aliphatic heterocycles. The Morgan fingerprint density at radius 3 is 2.24 bits per heavy atom. The van der Waals surface area contributed by atoms with Gasteiger partial charge in [-0.3, -0.25) is 19.6 Å². The van der Waals surface area contributed by atoms with Crippen molar-refractivity contribution >= 4 is 23.4 Å². The van der Waals surface area contributed by atoms with Gasteiger partial charge in [0.15, 0.2) is 0 Å². The maximum absolute atomic E-state index is 11.6. The third-order valence-corrected chi connectivity index (χ3v) is 9.39. The van der Waals surface area contributed by atoms with Crippen LogP contribution in [0.5, 0.6) is 0 Å². The Balaban J connectivity index is 1.68. The molecule has 0 aliphatic carbocycles. The lowest BCUT2D eigenvalue weighted by Crippen LogP contribution is -2.33. The number of aromatic amines is 1. The average molecular weight is 571 g/mol. The van der Waals surface area contributed by atoms with Crippen molar-refractivity contribution in [1.29, 1.82) is 0 Å². The Morgan fingerprint density at radius 1 is 0.905 bits per heavy atom. The first kappa shape index (κ1) is 29.5. The first-order chi connectivity index (χ1) is 20.0. The third-order valence-electron chi connectivity index (χ3n) is 9.39. The van der Waals surface area contributed by atoms with Crippen molar-refractivity contribution < 1.29 is 19.8 Å². The number of aromatic nitrogens is 1. The summed E-state index contributed by atoms with van der Waals surface area (Å²) in [4.78, 5) is 37.3. The molecule has 4 aliphatic rings. The average Bonchev–Trinajstić information content (AvgIpc) is 3.63. The molecule has 8 bridgehead atoms. The molecule has 2 unspecified atom stereocenters. The van der Waals surface area contributed by atoms with Crippen LogP contribution in [-0.4, -0.2) is 44.6 Å². The fraction of sp³-hybridized carbons (Fsp3) is 0.471. The number of fused-ring (bicyclic) bond motifs is 8. The van der Waals surface area contributed by atoms with Crippen LogP contribution in [0, 0.1) is 6.92 Å². The minimum Gasteiger partial charge on any atom is -0.481 e. The number of carboxylic acids is 2. The van der Waals surface area contributed by atoms with E-state index in [0.717, 1.165) is 75.8 Å². The smallest absolute Gasteiger partial charge is 0.303 e. The van der Waals surface area contributed by atoms with Crippen molar-refractivity contribution in [2.75, 3.05) is 0 Å². The van der Waals surface area contributed by atoms with E-state index in [9.17, 15) is 19.8 Å². The summed E-state index contributed by atoms with van der Waals surface area (Å²) >= 11 is 0. The lowest BCUT2D eigenvalue weighted by atomic mass is 9.92. The number of aliphatic carboxylic acids is 2. The second-order valence-electron chi connectivity index (χ2n) is 11.7. The maximum atomic E-state index is 11.6. The number of carboxylic acid groups (broad SMARTS) is 2. The SMILES string of the molecule is CCC1=C(C)/C2=C/Cc3[nH]c(c(CC)c3C)C3N=C(C/C=C4\NC(C1=N2)C(C)=C4CCC(=O)O)C(CCC(=O)O)=C3C. The van der Waals surface area contributed by atoms with Crippen molar-refractivity contribution in [3.8, 4) is 0 Å². The van der Waals surface area contributed by atoms with Crippen molar-refractivity contribution in [3.63, 3.8) is 0 Å². The molecule has 4 N–H and O–H groups in total. The first-order valence-electron chi connectivity index (χ1n) is 15.1. The monoisotopic (exact) mass is 570 g/mol. The zero-order chi connectivity index (χ0) is 30.3. The van der Waals surface area contributed by atoms with Crippen molar-refractivity contribution in [2.24, 2.45) is 9.98 Å². The highest BCUT2D eigenvalue weighted by Crippen LogP contribution is 2.41. The van der Waals surface area contributed by atoms with E-state index in [-0.39, 0.29) is 24.9 Å². The summed E-state index contributed by atoms with van der Waals surface area (Å²) in [6.45, 7) is 12.8. The summed E-state index contributed by atoms with van der Waals surface area (Å²) in [7, 11) is 0. The van der Waals surface area contributed by atoms with Crippen LogP contribution in [0.15, 0.2) is 67.0 Å². The number of hydrogen-bond donors (Lipinski definition) is 4. The van der Waals surface area contributed by atoms with E-state index >= 15 is 0 Å². The second kappa shape index (κ2) is 11.7. The Labute approximate surface area is 247 Å². The third kappa shape index (κ3) is 5.23. The number of nitrogens with one attached hydrogen (secondary N) is 2. The van der Waals surface area contributed by atoms with Crippen LogP contribution in [0.4, 0.5) is 0 Å². The van der Waals surface area contributed by atoms with E-state index < -0.39 is 11.9 Å². The zero-order valence-electron chi connectivity index (χ0n) is 25.6. The van der Waals surface area contributed by atoms with E-state index in [4.69, 9.17) is 9.98 Å². The topological polar surface area (TPSA) is 127 Å². The number of rotatable bonds is 8. The Kier molecular flexibility index (Phi) is 8.26. The number of nitrogens with zero attached hydrogens (tertiary/aromatic N) is 2. The summed E-state index contributed by atoms with van der Waals surface area (Å²) in [5.41, 5.74) is 15.3. The highest BCUT2D eigenvalue weighted by Gasteiger charge is 2.35. The molecule has 0 radical (unpaired) electrons. The highest BCUT2D eigenvalue weighted by atomic mass is 16.4. The summed E-state index contributed by atoms with van der Waals surface area (Å²) in [5, 5.41) is 22.7. The van der Waals surface area contributed by atoms with Gasteiger partial charge in [-0.2, -0.15) is 0 Å². The van der Waals surface area contributed by atoms with Gasteiger partial charge in [0.25, 0.3) is 0 Å². The van der Waals surface area contributed by atoms with E-state index in [1.54, 1.807) is 0 Å². The molecule has 222 valence electrons. The molecule has 0 aromatic carbocycles. The van der Waals surface area contributed by atoms with Gasteiger partial charge in [-0.25, -0.2) is 0 Å². The van der Waals surface area contributed by atoms with Gasteiger partial charge in [-0.1, -0.05) is 26.0 Å². The second-order valence-corrected chi connectivity index (χ2v) is 11.7. The van der Waals surface area contributed by atoms with Crippen LogP contribution in [-0.2, 0) is 22.4 Å². The quantitative estimate of drug-likeness (QED) is 0.280. The van der Waals surface area contributed by atoms with Crippen molar-refractivity contribution in [3.05, 3.63) is 79.5 Å². The lowest BCUT2D eigenvalue weighted by molar-refractivity contribution is -0.137. The summed E-state index contributed by atoms with van der Waals surface area (Å²) in [5.74, 6) is -1.65.